The van der Waals surface area contributed by atoms with Crippen molar-refractivity contribution < 1.29 is 65.5 Å². The monoisotopic (exact) mass is 829 g/mol. The third-order valence-electron chi connectivity index (χ3n) is 8.88. The van der Waals surface area contributed by atoms with Gasteiger partial charge in [0.05, 0.1) is 30.9 Å². The van der Waals surface area contributed by atoms with Gasteiger partial charge in [-0.15, -0.1) is 0 Å². The van der Waals surface area contributed by atoms with E-state index in [-0.39, 0.29) is 46.7 Å². The minimum atomic E-state index is -5.64. The van der Waals surface area contributed by atoms with Crippen molar-refractivity contribution in [3.8, 4) is 0 Å². The van der Waals surface area contributed by atoms with Crippen LogP contribution in [0, 0.1) is 5.92 Å². The van der Waals surface area contributed by atoms with E-state index in [1.54, 1.807) is 10.8 Å². The highest BCUT2D eigenvalue weighted by atomic mass is 33.1. The number of amides is 3. The molecule has 0 aromatic rings. The van der Waals surface area contributed by atoms with Crippen molar-refractivity contribution in [2.24, 2.45) is 5.92 Å². The van der Waals surface area contributed by atoms with Gasteiger partial charge in [-0.05, 0) is 45.4 Å². The number of urea groups is 1. The van der Waals surface area contributed by atoms with Gasteiger partial charge < -0.3 is 45.0 Å². The van der Waals surface area contributed by atoms with Crippen molar-refractivity contribution in [1.82, 2.24) is 16.0 Å². The summed E-state index contributed by atoms with van der Waals surface area (Å²) in [5.74, 6) is 1.40. The lowest BCUT2D eigenvalue weighted by Gasteiger charge is -2.25. The highest BCUT2D eigenvalue weighted by molar-refractivity contribution is 8.77. The second kappa shape index (κ2) is 19.1. The van der Waals surface area contributed by atoms with Crippen LogP contribution in [0.3, 0.4) is 0 Å². The Balaban J connectivity index is 1.18. The Bertz CT molecular complexity index is 1290. The van der Waals surface area contributed by atoms with Crippen molar-refractivity contribution in [2.45, 2.75) is 125 Å². The van der Waals surface area contributed by atoms with Gasteiger partial charge in [0, 0.05) is 35.1 Å². The number of unbranched alkanes of at least 4 members (excludes halogenated alkanes) is 1. The van der Waals surface area contributed by atoms with E-state index in [1.165, 1.54) is 10.8 Å². The van der Waals surface area contributed by atoms with E-state index in [2.05, 4.69) is 24.6 Å². The molecule has 4 fully saturated rings. The zero-order chi connectivity index (χ0) is 36.6. The first-order chi connectivity index (χ1) is 23.4. The molecule has 23 heteroatoms. The number of hydrogen-bond acceptors (Lipinski definition) is 13. The number of hydrogen-bond donors (Lipinski definition) is 7. The van der Waals surface area contributed by atoms with Gasteiger partial charge >= 0.3 is 29.5 Å². The summed E-state index contributed by atoms with van der Waals surface area (Å²) in [7, 11) is -13.5. The molecule has 0 aromatic heterocycles. The van der Waals surface area contributed by atoms with E-state index in [0.717, 1.165) is 63.5 Å². The maximum Gasteiger partial charge on any atom is 0.490 e. The largest absolute Gasteiger partial charge is 0.490 e. The fourth-order valence-electron chi connectivity index (χ4n) is 6.53. The van der Waals surface area contributed by atoms with Crippen LogP contribution < -0.4 is 16.0 Å². The summed E-state index contributed by atoms with van der Waals surface area (Å²) in [5, 5.41) is 9.32. The molecule has 0 bridgehead atoms. The molecule has 1 saturated carbocycles. The molecule has 4 rings (SSSR count). The number of thioether (sulfide) groups is 1. The number of rotatable bonds is 20. The zero-order valence-corrected chi connectivity index (χ0v) is 33.2. The lowest BCUT2D eigenvalue weighted by molar-refractivity contribution is -0.121. The molecule has 0 aromatic carbocycles. The first kappa shape index (κ1) is 42.9. The Labute approximate surface area is 304 Å². The van der Waals surface area contributed by atoms with Crippen LogP contribution in [0.1, 0.15) is 84.5 Å². The van der Waals surface area contributed by atoms with Crippen molar-refractivity contribution in [2.75, 3.05) is 24.8 Å². The molecule has 0 radical (unpaired) electrons. The molecule has 8 atom stereocenters. The van der Waals surface area contributed by atoms with Crippen molar-refractivity contribution in [1.29, 1.82) is 0 Å². The normalized spacial score (nSPS) is 30.2. The lowest BCUT2D eigenvalue weighted by Crippen LogP contribution is -2.37. The lowest BCUT2D eigenvalue weighted by atomic mass is 9.91. The maximum absolute atomic E-state index is 12.5. The number of fused-ring (bicyclic) bond motifs is 1. The Morgan fingerprint density at radius 2 is 1.76 bits per heavy atom. The van der Waals surface area contributed by atoms with Crippen LogP contribution in [0.2, 0.25) is 0 Å². The minimum Gasteiger partial charge on any atom is -0.369 e. The number of carbonyl (C=O) groups is 2. The summed E-state index contributed by atoms with van der Waals surface area (Å²) >= 11 is 1.86. The number of phosphoric acid groups is 3. The smallest absolute Gasteiger partial charge is 0.369 e. The molecule has 50 heavy (non-hydrogen) atoms. The number of carbonyl (C=O) groups excluding carboxylic acids is 2. The third kappa shape index (κ3) is 14.7. The predicted molar refractivity (Wildman–Crippen MR) is 190 cm³/mol. The quantitative estimate of drug-likeness (QED) is 0.0217. The Hall–Kier alpha value is 0.120. The second-order valence-corrected chi connectivity index (χ2v) is 22.2. The molecule has 290 valence electrons. The van der Waals surface area contributed by atoms with Gasteiger partial charge in [0.25, 0.3) is 0 Å². The number of ether oxygens (including phenoxy) is 2. The van der Waals surface area contributed by atoms with E-state index in [4.69, 9.17) is 23.8 Å². The van der Waals surface area contributed by atoms with Gasteiger partial charge in [-0.2, -0.15) is 20.4 Å². The number of phosphoric ester groups is 1. The molecule has 0 spiro atoms. The summed E-state index contributed by atoms with van der Waals surface area (Å²) in [6, 6.07) is 0.258. The van der Waals surface area contributed by atoms with E-state index in [9.17, 15) is 33.1 Å². The molecule has 1 aliphatic carbocycles. The van der Waals surface area contributed by atoms with E-state index >= 15 is 0 Å². The summed E-state index contributed by atoms with van der Waals surface area (Å²) in [6.45, 7) is 3.91. The molecular formula is C27H50N3O14P3S3. The molecule has 4 aliphatic rings. The third-order valence-corrected chi connectivity index (χ3v) is 17.1. The standard InChI is InChI=1S/C27H50N3O14P3S3/c1-27(2,16-28-24(31)12-8-7-11-23-25-19(15-48-23)29-26(32)30-25)50-49-17-40-21-13-20(18-9-5-3-4-6-10-18)42-22(21)14-41-46(36,37)44-47(38,39)43-45(33,34)35/h18-23,25H,3-17H2,1-2H3,(H,28,31)(H,36,37)(H,38,39)(H2,29,30,32)(H2,33,34,35)/t19?,20-,21-,22?,23?,25?/m1/s1. The molecule has 3 heterocycles. The molecule has 3 amide bonds. The number of nitrogens with one attached hydrogen (secondary N) is 3. The summed E-state index contributed by atoms with van der Waals surface area (Å²) in [6.07, 6.45) is 8.38. The van der Waals surface area contributed by atoms with Crippen LogP contribution in [0.4, 0.5) is 4.79 Å². The van der Waals surface area contributed by atoms with Crippen LogP contribution >= 0.6 is 56.8 Å². The Morgan fingerprint density at radius 3 is 2.46 bits per heavy atom. The highest BCUT2D eigenvalue weighted by Gasteiger charge is 2.45. The maximum atomic E-state index is 12.5. The van der Waals surface area contributed by atoms with Gasteiger partial charge in [-0.1, -0.05) is 53.7 Å². The SMILES string of the molecule is CC(C)(CNC(=O)CCCCC1SCC2NC(=O)NC21)SSCO[C@@H]1C[C@H](C2CCCCCC2)OC1COP(=O)(O)OP(=O)(O)OP(=O)(O)O. The summed E-state index contributed by atoms with van der Waals surface area (Å²) in [5.41, 5.74) is 0. The topological polar surface area (TPSA) is 249 Å². The molecule has 3 aliphatic heterocycles. The summed E-state index contributed by atoms with van der Waals surface area (Å²) < 4.78 is 59.6. The van der Waals surface area contributed by atoms with Crippen molar-refractivity contribution in [3.05, 3.63) is 0 Å². The average molecular weight is 830 g/mol. The minimum absolute atomic E-state index is 0.0146. The van der Waals surface area contributed by atoms with E-state index < -0.39 is 42.3 Å². The van der Waals surface area contributed by atoms with Gasteiger partial charge in [-0.25, -0.2) is 18.5 Å². The van der Waals surface area contributed by atoms with Gasteiger partial charge in [0.2, 0.25) is 5.91 Å². The fraction of sp³-hybridized carbons (Fsp3) is 0.926. The second-order valence-electron chi connectivity index (χ2n) is 13.5. The first-order valence-corrected chi connectivity index (χ1v) is 24.6. The molecule has 17 nitrogen and oxygen atoms in total. The van der Waals surface area contributed by atoms with Gasteiger partial charge in [0.1, 0.15) is 12.0 Å². The van der Waals surface area contributed by atoms with Crippen LogP contribution in [0.5, 0.6) is 0 Å². The van der Waals surface area contributed by atoms with Crippen molar-refractivity contribution >= 4 is 68.8 Å². The molecule has 7 N–H and O–H groups in total. The molecular weight excluding hydrogens is 779 g/mol. The van der Waals surface area contributed by atoms with Crippen LogP contribution in [0.15, 0.2) is 0 Å². The average Bonchev–Trinajstić information content (AvgIpc) is 3.60. The highest BCUT2D eigenvalue weighted by Crippen LogP contribution is 2.66. The van der Waals surface area contributed by atoms with E-state index in [0.29, 0.717) is 24.6 Å². The van der Waals surface area contributed by atoms with E-state index in [1.807, 2.05) is 25.6 Å². The zero-order valence-electron chi connectivity index (χ0n) is 28.1. The fourth-order valence-corrected chi connectivity index (χ4v) is 13.3. The van der Waals surface area contributed by atoms with Gasteiger partial charge in [0.15, 0.2) is 0 Å². The first-order valence-electron chi connectivity index (χ1n) is 16.7. The Morgan fingerprint density at radius 1 is 1.04 bits per heavy atom. The van der Waals surface area contributed by atoms with Crippen LogP contribution in [-0.4, -0.2) is 96.7 Å². The molecule has 6 unspecified atom stereocenters. The van der Waals surface area contributed by atoms with Crippen LogP contribution in [0.25, 0.3) is 0 Å². The molecule has 3 saturated heterocycles. The van der Waals surface area contributed by atoms with Crippen molar-refractivity contribution in [3.63, 3.8) is 0 Å². The Kier molecular flexibility index (Phi) is 16.4. The summed E-state index contributed by atoms with van der Waals surface area (Å²) in [4.78, 5) is 61.1. The van der Waals surface area contributed by atoms with Gasteiger partial charge in [-0.3, -0.25) is 9.32 Å². The van der Waals surface area contributed by atoms with Crippen LogP contribution in [-0.2, 0) is 41.1 Å². The predicted octanol–water partition coefficient (Wildman–Crippen LogP) is 4.80.